The lowest BCUT2D eigenvalue weighted by Crippen LogP contribution is -2.64. The van der Waals surface area contributed by atoms with Crippen LogP contribution < -0.4 is 5.73 Å². The lowest BCUT2D eigenvalue weighted by atomic mass is 9.58. The molecule has 11 nitrogen and oxygen atoms in total. The van der Waals surface area contributed by atoms with E-state index in [1.54, 1.807) is 18.2 Å². The molecular weight excluding hydrogens is 544 g/mol. The standard InChI is InChI=1S/C28H25ClN2O9/c1-31(2)20-13-10-12-16(24(35)28(13,39)25(36)19(22(20)34)26(30)37)21(33)18-15(32)9-8-14(29)17(18)23(12)40-27(38)11-6-4-3-5-7-11/h3-9,12-13,20,23,32,34-35,39H,10H2,1-2H3,(H2,30,37)/t12-,13-,20-,23+,28-/m0/s1. The van der Waals surface area contributed by atoms with Crippen molar-refractivity contribution >= 4 is 35.0 Å². The molecule has 0 spiro atoms. The monoisotopic (exact) mass is 568 g/mol. The van der Waals surface area contributed by atoms with Crippen molar-refractivity contribution in [2.75, 3.05) is 14.1 Å². The molecule has 0 aromatic heterocycles. The number of phenolic OH excluding ortho intramolecular Hbond substituents is 1. The predicted octanol–water partition coefficient (Wildman–Crippen LogP) is 2.13. The summed E-state index contributed by atoms with van der Waals surface area (Å²) >= 11 is 6.47. The van der Waals surface area contributed by atoms with Crippen LogP contribution >= 0.6 is 11.6 Å². The fraction of sp³-hybridized carbons (Fsp3) is 0.286. The van der Waals surface area contributed by atoms with Gasteiger partial charge in [0.2, 0.25) is 5.78 Å². The van der Waals surface area contributed by atoms with Gasteiger partial charge in [0.1, 0.15) is 28.9 Å². The van der Waals surface area contributed by atoms with Gasteiger partial charge in [-0.15, -0.1) is 0 Å². The summed E-state index contributed by atoms with van der Waals surface area (Å²) in [6.45, 7) is 0. The van der Waals surface area contributed by atoms with E-state index < -0.39 is 81.4 Å². The van der Waals surface area contributed by atoms with Gasteiger partial charge in [-0.3, -0.25) is 19.3 Å². The number of aromatic hydroxyl groups is 1. The molecule has 40 heavy (non-hydrogen) atoms. The Balaban J connectivity index is 1.76. The number of ketones is 2. The third-order valence-electron chi connectivity index (χ3n) is 7.86. The molecule has 2 aromatic rings. The number of carbonyl (C=O) groups excluding carboxylic acids is 4. The van der Waals surface area contributed by atoms with Gasteiger partial charge in [-0.2, -0.15) is 0 Å². The Bertz CT molecular complexity index is 1550. The van der Waals surface area contributed by atoms with Gasteiger partial charge >= 0.3 is 5.97 Å². The Hall–Kier alpha value is -4.19. The van der Waals surface area contributed by atoms with E-state index in [4.69, 9.17) is 22.1 Å². The van der Waals surface area contributed by atoms with Crippen molar-refractivity contribution in [3.63, 3.8) is 0 Å². The number of halogens is 1. The van der Waals surface area contributed by atoms with Gasteiger partial charge in [0.25, 0.3) is 5.91 Å². The molecule has 0 bridgehead atoms. The van der Waals surface area contributed by atoms with Crippen molar-refractivity contribution in [3.8, 4) is 5.75 Å². The first-order valence-corrected chi connectivity index (χ1v) is 12.6. The van der Waals surface area contributed by atoms with Crippen molar-refractivity contribution in [3.05, 3.63) is 86.8 Å². The second-order valence-electron chi connectivity index (χ2n) is 10.2. The van der Waals surface area contributed by atoms with Crippen LogP contribution in [0.5, 0.6) is 5.75 Å². The average molecular weight is 569 g/mol. The van der Waals surface area contributed by atoms with Crippen LogP contribution in [0.25, 0.3) is 0 Å². The van der Waals surface area contributed by atoms with Gasteiger partial charge < -0.3 is 30.9 Å². The van der Waals surface area contributed by atoms with E-state index in [9.17, 15) is 39.6 Å². The van der Waals surface area contributed by atoms with Crippen LogP contribution in [0.4, 0.5) is 0 Å². The first-order valence-electron chi connectivity index (χ1n) is 12.2. The normalized spacial score (nSPS) is 27.7. The van der Waals surface area contributed by atoms with E-state index in [0.717, 1.165) is 6.07 Å². The number of esters is 1. The van der Waals surface area contributed by atoms with Crippen LogP contribution in [-0.2, 0) is 14.3 Å². The van der Waals surface area contributed by atoms with Crippen molar-refractivity contribution in [2.45, 2.75) is 24.2 Å². The number of hydrogen-bond donors (Lipinski definition) is 5. The number of rotatable bonds is 4. The van der Waals surface area contributed by atoms with Crippen LogP contribution in [0, 0.1) is 11.8 Å². The second-order valence-corrected chi connectivity index (χ2v) is 10.6. The Morgan fingerprint density at radius 3 is 2.33 bits per heavy atom. The molecule has 5 rings (SSSR count). The Labute approximate surface area is 232 Å². The number of carbonyl (C=O) groups is 4. The number of aliphatic hydroxyl groups excluding tert-OH is 2. The van der Waals surface area contributed by atoms with Gasteiger partial charge in [-0.1, -0.05) is 29.8 Å². The maximum absolute atomic E-state index is 13.8. The highest BCUT2D eigenvalue weighted by molar-refractivity contribution is 6.33. The summed E-state index contributed by atoms with van der Waals surface area (Å²) in [5.74, 6) is -9.29. The quantitative estimate of drug-likeness (QED) is 0.270. The molecule has 0 heterocycles. The molecule has 2 aromatic carbocycles. The average Bonchev–Trinajstić information content (AvgIpc) is 2.90. The number of nitrogens with two attached hydrogens (primary N) is 1. The Morgan fingerprint density at radius 2 is 1.73 bits per heavy atom. The minimum atomic E-state index is -2.84. The summed E-state index contributed by atoms with van der Waals surface area (Å²) in [6.07, 6.45) is -1.65. The maximum atomic E-state index is 13.8. The molecular formula is C28H25ClN2O9. The summed E-state index contributed by atoms with van der Waals surface area (Å²) in [7, 11) is 3.02. The van der Waals surface area contributed by atoms with Gasteiger partial charge in [0, 0.05) is 28.0 Å². The first-order chi connectivity index (χ1) is 18.8. The molecule has 0 fully saturated rings. The highest BCUT2D eigenvalue weighted by Gasteiger charge is 2.64. The van der Waals surface area contributed by atoms with E-state index in [1.807, 2.05) is 0 Å². The van der Waals surface area contributed by atoms with Crippen LogP contribution in [0.1, 0.15) is 38.8 Å². The molecule has 5 atom stereocenters. The maximum Gasteiger partial charge on any atom is 0.338 e. The number of amides is 1. The minimum Gasteiger partial charge on any atom is -0.510 e. The fourth-order valence-electron chi connectivity index (χ4n) is 6.12. The molecule has 6 N–H and O–H groups in total. The molecule has 0 saturated heterocycles. The minimum absolute atomic E-state index is 0.00553. The first kappa shape index (κ1) is 27.4. The van der Waals surface area contributed by atoms with Gasteiger partial charge in [0.05, 0.1) is 17.2 Å². The molecule has 0 unspecified atom stereocenters. The van der Waals surface area contributed by atoms with E-state index in [0.29, 0.717) is 0 Å². The van der Waals surface area contributed by atoms with Gasteiger partial charge in [-0.25, -0.2) is 4.79 Å². The number of Topliss-reactive ketones (excluding diaryl/α,β-unsaturated/α-hetero) is 2. The highest BCUT2D eigenvalue weighted by atomic mass is 35.5. The van der Waals surface area contributed by atoms with Crippen molar-refractivity contribution < 1.29 is 44.3 Å². The predicted molar refractivity (Wildman–Crippen MR) is 140 cm³/mol. The van der Waals surface area contributed by atoms with E-state index in [-0.39, 0.29) is 28.1 Å². The number of likely N-dealkylation sites (N-methyl/N-ethyl adjacent to an activating group) is 1. The highest BCUT2D eigenvalue weighted by Crippen LogP contribution is 2.56. The number of primary amides is 1. The van der Waals surface area contributed by atoms with Crippen LogP contribution in [-0.4, -0.2) is 74.5 Å². The van der Waals surface area contributed by atoms with Crippen molar-refractivity contribution in [1.82, 2.24) is 4.90 Å². The zero-order valence-corrected chi connectivity index (χ0v) is 22.0. The number of benzene rings is 2. The van der Waals surface area contributed by atoms with E-state index >= 15 is 0 Å². The second kappa shape index (κ2) is 9.47. The molecule has 3 aliphatic carbocycles. The molecule has 0 aliphatic heterocycles. The molecule has 3 aliphatic rings. The summed E-state index contributed by atoms with van der Waals surface area (Å²) < 4.78 is 5.87. The number of nitrogens with zero attached hydrogens (tertiary/aromatic N) is 1. The van der Waals surface area contributed by atoms with Gasteiger partial charge in [-0.05, 0) is 44.8 Å². The van der Waals surface area contributed by atoms with Crippen LogP contribution in [0.15, 0.2) is 65.1 Å². The zero-order chi connectivity index (χ0) is 29.3. The number of fused-ring (bicyclic) bond motifs is 3. The van der Waals surface area contributed by atoms with Crippen LogP contribution in [0.3, 0.4) is 0 Å². The van der Waals surface area contributed by atoms with Crippen LogP contribution in [0.2, 0.25) is 5.02 Å². The number of hydrogen-bond acceptors (Lipinski definition) is 10. The Kier molecular flexibility index (Phi) is 6.48. The molecule has 0 radical (unpaired) electrons. The van der Waals surface area contributed by atoms with Crippen molar-refractivity contribution in [2.24, 2.45) is 17.6 Å². The summed E-state index contributed by atoms with van der Waals surface area (Å²) in [5, 5.41) is 44.8. The Morgan fingerprint density at radius 1 is 1.07 bits per heavy atom. The summed E-state index contributed by atoms with van der Waals surface area (Å²) in [6, 6.07) is 9.20. The lowest BCUT2D eigenvalue weighted by Gasteiger charge is -2.51. The molecule has 12 heteroatoms. The SMILES string of the molecule is CN(C)[C@@H]1C(O)=C(C(N)=O)C(=O)[C@@]2(O)C(O)=C3C(=O)c4c(O)ccc(Cl)c4[C@H](OC(=O)c4ccccc4)[C@H]3C[C@@H]12. The summed E-state index contributed by atoms with van der Waals surface area (Å²) in [5.41, 5.74) is 0.888. The number of aliphatic hydroxyl groups is 3. The third-order valence-corrected chi connectivity index (χ3v) is 8.19. The largest absolute Gasteiger partial charge is 0.510 e. The van der Waals surface area contributed by atoms with E-state index in [1.165, 1.54) is 37.2 Å². The van der Waals surface area contributed by atoms with Crippen molar-refractivity contribution in [1.29, 1.82) is 0 Å². The molecule has 0 saturated carbocycles. The van der Waals surface area contributed by atoms with Gasteiger partial charge in [0.15, 0.2) is 11.4 Å². The number of phenols is 1. The fourth-order valence-corrected chi connectivity index (χ4v) is 6.39. The lowest BCUT2D eigenvalue weighted by molar-refractivity contribution is -0.149. The smallest absolute Gasteiger partial charge is 0.338 e. The topological polar surface area (TPSA) is 188 Å². The zero-order valence-electron chi connectivity index (χ0n) is 21.3. The molecule has 208 valence electrons. The number of ether oxygens (including phenoxy) is 1. The van der Waals surface area contributed by atoms with E-state index in [2.05, 4.69) is 0 Å². The third kappa shape index (κ3) is 3.73. The summed E-state index contributed by atoms with van der Waals surface area (Å²) in [4.78, 5) is 54.0. The molecule has 1 amide bonds.